The molecule has 0 aromatic carbocycles. The number of hydrogen-bond donors (Lipinski definition) is 6. The number of nitrogen functional groups attached to an aromatic ring is 2. The zero-order valence-corrected chi connectivity index (χ0v) is 26.5. The number of nitrogens with one attached hydrogen (secondary N) is 1. The Hall–Kier alpha value is -3.01. The highest BCUT2D eigenvalue weighted by molar-refractivity contribution is 8.44. The van der Waals surface area contributed by atoms with Crippen molar-refractivity contribution in [3.8, 4) is 0 Å². The molecule has 24 heteroatoms. The second-order valence-electron chi connectivity index (χ2n) is 12.3. The second-order valence-corrected chi connectivity index (χ2v) is 16.5. The smallest absolute Gasteiger partial charge is 0.388 e. The molecule has 1 spiro atoms. The molecule has 2 aliphatic carbocycles. The van der Waals surface area contributed by atoms with Gasteiger partial charge in [-0.2, -0.15) is 4.98 Å². The number of hydrogen-bond acceptors (Lipinski definition) is 17. The number of aliphatic hydroxyl groups is 1. The number of rotatable bonds is 2. The lowest BCUT2D eigenvalue weighted by atomic mass is 10.0. The van der Waals surface area contributed by atoms with E-state index in [0.717, 1.165) is 0 Å². The summed E-state index contributed by atoms with van der Waals surface area (Å²) in [4.78, 5) is 46.5. The summed E-state index contributed by atoms with van der Waals surface area (Å²) in [6.45, 7) is -5.46. The Morgan fingerprint density at radius 1 is 1.00 bits per heavy atom. The van der Waals surface area contributed by atoms with Crippen LogP contribution in [0.25, 0.3) is 22.3 Å². The summed E-state index contributed by atoms with van der Waals surface area (Å²) in [7, 11) is -4.87. The van der Waals surface area contributed by atoms with Gasteiger partial charge in [-0.25, -0.2) is 29.1 Å². The molecule has 5 fully saturated rings. The molecule has 7 N–H and O–H groups in total. The van der Waals surface area contributed by atoms with Crippen molar-refractivity contribution in [1.82, 2.24) is 39.0 Å². The molecule has 4 aromatic rings. The number of aromatic nitrogens is 8. The lowest BCUT2D eigenvalue weighted by Gasteiger charge is -2.35. The number of nitrogens with two attached hydrogens (primary N) is 2. The van der Waals surface area contributed by atoms with Crippen molar-refractivity contribution < 1.29 is 46.7 Å². The zero-order valence-electron chi connectivity index (χ0n) is 23.8. The number of H-pyrrole nitrogens is 1. The van der Waals surface area contributed by atoms with E-state index in [-0.39, 0.29) is 29.5 Å². The molecule has 2 bridgehead atoms. The zero-order chi connectivity index (χ0) is 32.7. The molecule has 21 nitrogen and oxygen atoms in total. The lowest BCUT2D eigenvalue weighted by Crippen LogP contribution is -2.46. The topological polar surface area (TPSA) is 289 Å². The van der Waals surface area contributed by atoms with Crippen LogP contribution in [0, 0.1) is 11.3 Å². The second kappa shape index (κ2) is 9.79. The van der Waals surface area contributed by atoms with Crippen LogP contribution in [0.1, 0.15) is 18.7 Å². The molecule has 47 heavy (non-hydrogen) atoms. The average molecular weight is 713 g/mol. The number of imidazole rings is 2. The fraction of sp³-hybridized carbons (Fsp3) is 0.565. The monoisotopic (exact) mass is 712 g/mol. The number of aromatic amines is 1. The maximum Gasteiger partial charge on any atom is 0.472 e. The molecule has 0 amide bonds. The minimum absolute atomic E-state index is 0.0371. The van der Waals surface area contributed by atoms with Crippen LogP contribution >= 0.6 is 26.9 Å². The van der Waals surface area contributed by atoms with Gasteiger partial charge in [-0.15, -0.1) is 0 Å². The molecule has 1 unspecified atom stereocenters. The van der Waals surface area contributed by atoms with Crippen LogP contribution in [-0.2, 0) is 36.7 Å². The molecule has 250 valence electrons. The van der Waals surface area contributed by atoms with Crippen LogP contribution in [0.4, 0.5) is 11.8 Å². The summed E-state index contributed by atoms with van der Waals surface area (Å²) >= 11 is 4.23. The molecular weight excluding hydrogens is 686 g/mol. The highest BCUT2D eigenvalue weighted by Gasteiger charge is 2.74. The molecule has 3 saturated heterocycles. The first-order valence-corrected chi connectivity index (χ1v) is 18.4. The number of anilines is 2. The van der Waals surface area contributed by atoms with Gasteiger partial charge in [-0.05, 0) is 12.3 Å². The van der Waals surface area contributed by atoms with Gasteiger partial charge in [-0.3, -0.25) is 32.4 Å². The van der Waals surface area contributed by atoms with Gasteiger partial charge in [0.05, 0.1) is 38.5 Å². The Balaban J connectivity index is 1.05. The van der Waals surface area contributed by atoms with Crippen molar-refractivity contribution in [1.29, 1.82) is 0 Å². The highest BCUT2D eigenvalue weighted by Crippen LogP contribution is 2.73. The van der Waals surface area contributed by atoms with Gasteiger partial charge in [0.15, 0.2) is 28.9 Å². The fourth-order valence-electron chi connectivity index (χ4n) is 7.50. The third-order valence-electron chi connectivity index (χ3n) is 9.69. The third kappa shape index (κ3) is 4.34. The molecular formula is C23H26N10O11P2S. The minimum Gasteiger partial charge on any atom is -0.388 e. The van der Waals surface area contributed by atoms with Crippen molar-refractivity contribution >= 4 is 61.0 Å². The van der Waals surface area contributed by atoms with Crippen molar-refractivity contribution in [3.05, 3.63) is 29.3 Å². The highest BCUT2D eigenvalue weighted by atomic mass is 32.7. The Labute approximate surface area is 267 Å². The molecule has 3 aliphatic heterocycles. The van der Waals surface area contributed by atoms with E-state index in [1.165, 1.54) is 23.5 Å². The molecule has 11 atom stereocenters. The average Bonchev–Trinajstić information content (AvgIpc) is 3.43. The van der Waals surface area contributed by atoms with Gasteiger partial charge in [-0.1, -0.05) is 12.2 Å². The molecule has 7 heterocycles. The van der Waals surface area contributed by atoms with Crippen molar-refractivity contribution in [2.75, 3.05) is 31.3 Å². The van der Waals surface area contributed by atoms with Crippen LogP contribution < -0.4 is 17.0 Å². The van der Waals surface area contributed by atoms with Gasteiger partial charge >= 0.3 is 14.6 Å². The van der Waals surface area contributed by atoms with Crippen LogP contribution in [0.3, 0.4) is 0 Å². The minimum atomic E-state index is -4.87. The number of phosphoric ester groups is 1. The van der Waals surface area contributed by atoms with Crippen molar-refractivity contribution in [2.24, 2.45) is 11.3 Å². The van der Waals surface area contributed by atoms with Gasteiger partial charge in [0.1, 0.15) is 41.9 Å². The van der Waals surface area contributed by atoms with Crippen molar-refractivity contribution in [2.45, 2.75) is 48.7 Å². The van der Waals surface area contributed by atoms with Crippen molar-refractivity contribution in [3.63, 3.8) is 0 Å². The first-order valence-electron chi connectivity index (χ1n) is 14.3. The van der Waals surface area contributed by atoms with Crippen LogP contribution in [-0.4, -0.2) is 98.9 Å². The Kier molecular flexibility index (Phi) is 6.27. The maximum atomic E-state index is 13.8. The van der Waals surface area contributed by atoms with Crippen LogP contribution in [0.5, 0.6) is 0 Å². The van der Waals surface area contributed by atoms with Gasteiger partial charge in [0.25, 0.3) is 5.56 Å². The van der Waals surface area contributed by atoms with E-state index in [0.29, 0.717) is 17.6 Å². The number of thiol groups is 1. The van der Waals surface area contributed by atoms with E-state index in [2.05, 4.69) is 42.2 Å². The molecule has 2 saturated carbocycles. The van der Waals surface area contributed by atoms with Gasteiger partial charge < -0.3 is 35.5 Å². The first kappa shape index (κ1) is 30.1. The number of ether oxygens (including phenoxy) is 2. The normalized spacial score (nSPS) is 42.9. The lowest BCUT2D eigenvalue weighted by molar-refractivity contribution is -0.183. The summed E-state index contributed by atoms with van der Waals surface area (Å²) in [6, 6.07) is -0.716. The molecule has 5 aliphatic rings. The SMILES string of the molecule is Nc1nc2c(ncn2[C@@H]2O[C@@]34CO[C@@H]2[C@@H]3OP(=O)(O)OC[C@@]23C[C@@H]2[C@@H](n2cnc5c(N)ncnc52)[C@H](O)[C@@H]3O[P@@](=O)(S)OC4)c(=O)[nH]1. The Bertz CT molecular complexity index is 2130. The molecule has 4 aromatic heterocycles. The summed E-state index contributed by atoms with van der Waals surface area (Å²) in [5.41, 5.74) is 9.09. The Morgan fingerprint density at radius 3 is 2.62 bits per heavy atom. The fourth-order valence-corrected chi connectivity index (χ4v) is 10.1. The third-order valence-corrected chi connectivity index (χ3v) is 12.2. The van der Waals surface area contributed by atoms with E-state index in [1.54, 1.807) is 4.57 Å². The number of fused-ring (bicyclic) bond motifs is 2. The summed E-state index contributed by atoms with van der Waals surface area (Å²) in [6.07, 6.45) is -1.67. The van der Waals surface area contributed by atoms with E-state index >= 15 is 0 Å². The number of phosphoric acid groups is 1. The number of nitrogens with zero attached hydrogens (tertiary/aromatic N) is 7. The maximum absolute atomic E-state index is 13.8. The summed E-state index contributed by atoms with van der Waals surface area (Å²) < 4.78 is 65.6. The Morgan fingerprint density at radius 2 is 1.79 bits per heavy atom. The van der Waals surface area contributed by atoms with E-state index in [4.69, 9.17) is 39.0 Å². The van der Waals surface area contributed by atoms with E-state index < -0.39 is 87.0 Å². The molecule has 0 radical (unpaired) electrons. The predicted octanol–water partition coefficient (Wildman–Crippen LogP) is -0.332. The first-order chi connectivity index (χ1) is 22.3. The summed E-state index contributed by atoms with van der Waals surface area (Å²) in [5, 5.41) is 11.6. The summed E-state index contributed by atoms with van der Waals surface area (Å²) in [5.74, 6) is -0.423. The van der Waals surface area contributed by atoms with Crippen LogP contribution in [0.2, 0.25) is 0 Å². The number of aliphatic hydroxyl groups excluding tert-OH is 1. The van der Waals surface area contributed by atoms with Gasteiger partial charge in [0, 0.05) is 5.41 Å². The van der Waals surface area contributed by atoms with E-state index in [9.17, 15) is 23.9 Å². The standard InChI is InChI=1S/C23H26N10O11P2S/c24-16-9-17(27-5-26-16)32(6-28-9)11-8-1-22(8)2-40-45(36,37)43-15-13-20(33-7-29-10-18(33)30-21(25)31-19(10)35)42-23(15,3-39-13)4-41-46(38,47)44-14(22)12(11)34/h5-8,11-15,20,34H,1-4H2,(H,36,37)(H,38,47)(H2,24,26,27)(H3,25,30,31,35)/t8-,11-,12+,13-,14+,15+,20-,22+,23-,46+/m1/s1. The van der Waals surface area contributed by atoms with Crippen LogP contribution in [0.15, 0.2) is 23.8 Å². The van der Waals surface area contributed by atoms with E-state index in [1.807, 2.05) is 0 Å². The predicted molar refractivity (Wildman–Crippen MR) is 159 cm³/mol. The van der Waals surface area contributed by atoms with Gasteiger partial charge in [0.2, 0.25) is 5.95 Å². The quantitative estimate of drug-likeness (QED) is 0.114. The largest absolute Gasteiger partial charge is 0.472 e. The molecule has 9 rings (SSSR count).